The van der Waals surface area contributed by atoms with Gasteiger partial charge in [0.1, 0.15) is 0 Å². The van der Waals surface area contributed by atoms with Crippen molar-refractivity contribution in [2.24, 2.45) is 7.05 Å². The second kappa shape index (κ2) is 3.94. The summed E-state index contributed by atoms with van der Waals surface area (Å²) in [5.74, 6) is -0.412. The van der Waals surface area contributed by atoms with Gasteiger partial charge in [-0.05, 0) is 30.4 Å². The Kier molecular flexibility index (Phi) is 2.81. The van der Waals surface area contributed by atoms with Crippen LogP contribution in [0.3, 0.4) is 0 Å². The van der Waals surface area contributed by atoms with Gasteiger partial charge < -0.3 is 4.57 Å². The second-order valence-corrected chi connectivity index (χ2v) is 4.26. The zero-order chi connectivity index (χ0) is 13.7. The van der Waals surface area contributed by atoms with Gasteiger partial charge in [0.2, 0.25) is 5.91 Å². The molecule has 1 heterocycles. The fraction of sp³-hybridized carbons (Fsp3) is 0.273. The van der Waals surface area contributed by atoms with E-state index in [9.17, 15) is 18.0 Å². The molecule has 0 N–H and O–H groups in total. The Bertz CT molecular complexity index is 697. The maximum atomic E-state index is 12.6. The fourth-order valence-corrected chi connectivity index (χ4v) is 2.15. The summed E-state index contributed by atoms with van der Waals surface area (Å²) >= 11 is 5.03. The van der Waals surface area contributed by atoms with Crippen molar-refractivity contribution in [3.8, 4) is 0 Å². The summed E-state index contributed by atoms with van der Waals surface area (Å²) < 4.78 is 40.7. The van der Waals surface area contributed by atoms with E-state index in [1.807, 2.05) is 0 Å². The molecule has 0 aliphatic carbocycles. The van der Waals surface area contributed by atoms with Crippen LogP contribution in [0.15, 0.2) is 18.2 Å². The minimum atomic E-state index is -4.44. The number of benzene rings is 1. The van der Waals surface area contributed by atoms with Crippen molar-refractivity contribution in [3.05, 3.63) is 28.5 Å². The zero-order valence-corrected chi connectivity index (χ0v) is 10.4. The largest absolute Gasteiger partial charge is 0.416 e. The molecule has 1 aromatic carbocycles. The summed E-state index contributed by atoms with van der Waals surface area (Å²) in [5.41, 5.74) is -0.140. The molecule has 3 nitrogen and oxygen atoms in total. The minimum Gasteiger partial charge on any atom is -0.319 e. The summed E-state index contributed by atoms with van der Waals surface area (Å²) in [6.07, 6.45) is -4.44. The van der Waals surface area contributed by atoms with Gasteiger partial charge >= 0.3 is 6.18 Å². The number of carbonyl (C=O) groups excluding carboxylic acids is 1. The Balaban J connectivity index is 2.88. The number of hydrogen-bond acceptors (Lipinski definition) is 2. The highest BCUT2D eigenvalue weighted by Gasteiger charge is 2.31. The molecule has 18 heavy (non-hydrogen) atoms. The minimum absolute atomic E-state index is 0.171. The molecule has 0 bridgehead atoms. The van der Waals surface area contributed by atoms with Gasteiger partial charge in [0.25, 0.3) is 0 Å². The van der Waals surface area contributed by atoms with Crippen molar-refractivity contribution < 1.29 is 18.0 Å². The predicted octanol–water partition coefficient (Wildman–Crippen LogP) is 3.39. The normalized spacial score (nSPS) is 12.1. The molecular weight excluding hydrogens is 265 g/mol. The molecular formula is C11H9F3N2OS. The van der Waals surface area contributed by atoms with E-state index in [4.69, 9.17) is 12.2 Å². The number of fused-ring (bicyclic) bond motifs is 1. The predicted molar refractivity (Wildman–Crippen MR) is 63.0 cm³/mol. The molecule has 0 radical (unpaired) electrons. The molecule has 1 aromatic heterocycles. The van der Waals surface area contributed by atoms with E-state index < -0.39 is 17.6 Å². The zero-order valence-electron chi connectivity index (χ0n) is 9.58. The summed E-state index contributed by atoms with van der Waals surface area (Å²) in [5, 5.41) is 0. The molecule has 0 atom stereocenters. The van der Waals surface area contributed by atoms with E-state index in [-0.39, 0.29) is 10.3 Å². The van der Waals surface area contributed by atoms with Crippen LogP contribution in [0.4, 0.5) is 13.2 Å². The molecule has 0 aliphatic heterocycles. The number of hydrogen-bond donors (Lipinski definition) is 0. The number of nitrogens with zero attached hydrogens (tertiary/aromatic N) is 2. The lowest BCUT2D eigenvalue weighted by molar-refractivity contribution is -0.137. The van der Waals surface area contributed by atoms with Crippen LogP contribution in [0.1, 0.15) is 17.3 Å². The summed E-state index contributed by atoms with van der Waals surface area (Å²) in [6, 6.07) is 3.22. The third kappa shape index (κ3) is 1.84. The van der Waals surface area contributed by atoms with Gasteiger partial charge in [0.15, 0.2) is 4.77 Å². The highest BCUT2D eigenvalue weighted by atomic mass is 32.1. The number of imidazole rings is 1. The van der Waals surface area contributed by atoms with Crippen LogP contribution >= 0.6 is 12.2 Å². The Morgan fingerprint density at radius 1 is 1.28 bits per heavy atom. The molecule has 96 valence electrons. The second-order valence-electron chi connectivity index (χ2n) is 3.90. The first-order chi connectivity index (χ1) is 8.23. The highest BCUT2D eigenvalue weighted by Crippen LogP contribution is 2.31. The lowest BCUT2D eigenvalue weighted by Gasteiger charge is -2.07. The van der Waals surface area contributed by atoms with Crippen LogP contribution in [0.5, 0.6) is 0 Å². The molecule has 7 heteroatoms. The van der Waals surface area contributed by atoms with E-state index in [0.717, 1.165) is 16.7 Å². The first kappa shape index (κ1) is 12.8. The van der Waals surface area contributed by atoms with Gasteiger partial charge in [-0.2, -0.15) is 13.2 Å². The van der Waals surface area contributed by atoms with Crippen LogP contribution in [0.2, 0.25) is 0 Å². The molecule has 0 unspecified atom stereocenters. The maximum absolute atomic E-state index is 12.6. The molecule has 2 aromatic rings. The van der Waals surface area contributed by atoms with Gasteiger partial charge in [-0.3, -0.25) is 9.36 Å². The van der Waals surface area contributed by atoms with Gasteiger partial charge in [-0.15, -0.1) is 0 Å². The number of rotatable bonds is 0. The van der Waals surface area contributed by atoms with Crippen molar-refractivity contribution >= 4 is 29.2 Å². The average molecular weight is 274 g/mol. The quantitative estimate of drug-likeness (QED) is 0.688. The Morgan fingerprint density at radius 2 is 1.89 bits per heavy atom. The standard InChI is InChI=1S/C11H9F3N2OS/c1-6(17)16-9-5-7(11(12,13)14)3-4-8(9)15(2)10(16)18/h3-5H,1-2H3. The number of aryl methyl sites for hydroxylation is 1. The van der Waals surface area contributed by atoms with Crippen LogP contribution in [-0.2, 0) is 13.2 Å². The third-order valence-corrected chi connectivity index (χ3v) is 3.15. The van der Waals surface area contributed by atoms with Crippen molar-refractivity contribution in [2.45, 2.75) is 13.1 Å². The Hall–Kier alpha value is -1.63. The van der Waals surface area contributed by atoms with Crippen molar-refractivity contribution in [1.29, 1.82) is 0 Å². The van der Waals surface area contributed by atoms with E-state index in [1.165, 1.54) is 17.6 Å². The highest BCUT2D eigenvalue weighted by molar-refractivity contribution is 7.71. The summed E-state index contributed by atoms with van der Waals surface area (Å²) in [4.78, 5) is 11.5. The van der Waals surface area contributed by atoms with E-state index >= 15 is 0 Å². The number of carbonyl (C=O) groups is 1. The first-order valence-corrected chi connectivity index (χ1v) is 5.44. The molecule has 0 spiro atoms. The smallest absolute Gasteiger partial charge is 0.319 e. The monoisotopic (exact) mass is 274 g/mol. The topological polar surface area (TPSA) is 26.9 Å². The van der Waals surface area contributed by atoms with E-state index in [1.54, 1.807) is 7.05 Å². The fourth-order valence-electron chi connectivity index (χ4n) is 1.82. The third-order valence-electron chi connectivity index (χ3n) is 2.70. The number of halogens is 3. The molecule has 0 saturated carbocycles. The molecule has 0 fully saturated rings. The number of aromatic nitrogens is 2. The lowest BCUT2D eigenvalue weighted by atomic mass is 10.2. The molecule has 0 amide bonds. The summed E-state index contributed by atoms with van der Waals surface area (Å²) in [7, 11) is 1.61. The van der Waals surface area contributed by atoms with Crippen LogP contribution in [0, 0.1) is 4.77 Å². The van der Waals surface area contributed by atoms with Crippen LogP contribution in [0.25, 0.3) is 11.0 Å². The van der Waals surface area contributed by atoms with Crippen molar-refractivity contribution in [2.75, 3.05) is 0 Å². The first-order valence-electron chi connectivity index (χ1n) is 5.03. The summed E-state index contributed by atoms with van der Waals surface area (Å²) in [6.45, 7) is 1.26. The molecule has 0 aliphatic rings. The van der Waals surface area contributed by atoms with Crippen LogP contribution in [-0.4, -0.2) is 15.0 Å². The van der Waals surface area contributed by atoms with Gasteiger partial charge in [-0.25, -0.2) is 0 Å². The SMILES string of the molecule is CC(=O)n1c(=S)n(C)c2ccc(C(F)(F)F)cc21. The van der Waals surface area contributed by atoms with E-state index in [0.29, 0.717) is 5.52 Å². The lowest BCUT2D eigenvalue weighted by Crippen LogP contribution is -2.08. The maximum Gasteiger partial charge on any atom is 0.416 e. The Morgan fingerprint density at radius 3 is 2.39 bits per heavy atom. The van der Waals surface area contributed by atoms with Crippen molar-refractivity contribution in [3.63, 3.8) is 0 Å². The van der Waals surface area contributed by atoms with Gasteiger partial charge in [0, 0.05) is 14.0 Å². The van der Waals surface area contributed by atoms with Gasteiger partial charge in [0.05, 0.1) is 16.6 Å². The van der Waals surface area contributed by atoms with Gasteiger partial charge in [-0.1, -0.05) is 0 Å². The average Bonchev–Trinajstić information content (AvgIpc) is 2.50. The molecule has 2 rings (SSSR count). The van der Waals surface area contributed by atoms with Crippen LogP contribution < -0.4 is 0 Å². The number of alkyl halides is 3. The molecule has 0 saturated heterocycles. The van der Waals surface area contributed by atoms with E-state index in [2.05, 4.69) is 0 Å². The Labute approximate surface area is 105 Å². The van der Waals surface area contributed by atoms with Crippen molar-refractivity contribution in [1.82, 2.24) is 9.13 Å².